The number of amides is 1. The van der Waals surface area contributed by atoms with Crippen LogP contribution in [0.25, 0.3) is 10.8 Å². The predicted molar refractivity (Wildman–Crippen MR) is 88.0 cm³/mol. The Labute approximate surface area is 132 Å². The first-order valence-corrected chi connectivity index (χ1v) is 8.30. The number of fused-ring (bicyclic) bond motifs is 1. The Morgan fingerprint density at radius 1 is 1.14 bits per heavy atom. The second-order valence-electron chi connectivity index (χ2n) is 5.51. The summed E-state index contributed by atoms with van der Waals surface area (Å²) >= 11 is 3.55. The SMILES string of the molecule is O=C(NC1(CBr)CCOCC1)c1cccc2ccccc12. The fourth-order valence-corrected chi connectivity index (χ4v) is 3.49. The first-order valence-electron chi connectivity index (χ1n) is 7.18. The lowest BCUT2D eigenvalue weighted by molar-refractivity contribution is 0.0442. The summed E-state index contributed by atoms with van der Waals surface area (Å²) in [4.78, 5) is 12.7. The Morgan fingerprint density at radius 3 is 2.62 bits per heavy atom. The van der Waals surface area contributed by atoms with Crippen LogP contribution in [0.3, 0.4) is 0 Å². The van der Waals surface area contributed by atoms with Crippen molar-refractivity contribution in [1.82, 2.24) is 5.32 Å². The molecule has 0 unspecified atom stereocenters. The molecule has 2 aromatic carbocycles. The molecule has 0 atom stereocenters. The van der Waals surface area contributed by atoms with Gasteiger partial charge in [-0.3, -0.25) is 4.79 Å². The van der Waals surface area contributed by atoms with Crippen LogP contribution in [0, 0.1) is 0 Å². The molecule has 1 N–H and O–H groups in total. The lowest BCUT2D eigenvalue weighted by Crippen LogP contribution is -2.53. The van der Waals surface area contributed by atoms with E-state index in [1.807, 2.05) is 42.5 Å². The van der Waals surface area contributed by atoms with Crippen LogP contribution >= 0.6 is 15.9 Å². The molecule has 110 valence electrons. The first-order chi connectivity index (χ1) is 10.2. The molecule has 0 saturated carbocycles. The summed E-state index contributed by atoms with van der Waals surface area (Å²) < 4.78 is 5.41. The average Bonchev–Trinajstić information content (AvgIpc) is 2.55. The van der Waals surface area contributed by atoms with Crippen LogP contribution < -0.4 is 5.32 Å². The number of ether oxygens (including phenoxy) is 1. The molecule has 2 aromatic rings. The molecule has 3 nitrogen and oxygen atoms in total. The summed E-state index contributed by atoms with van der Waals surface area (Å²) in [5.41, 5.74) is 0.534. The third kappa shape index (κ3) is 2.97. The van der Waals surface area contributed by atoms with E-state index < -0.39 is 0 Å². The van der Waals surface area contributed by atoms with Gasteiger partial charge in [-0.05, 0) is 29.7 Å². The van der Waals surface area contributed by atoms with Gasteiger partial charge < -0.3 is 10.1 Å². The fourth-order valence-electron chi connectivity index (χ4n) is 2.79. The number of alkyl halides is 1. The normalized spacial score (nSPS) is 17.6. The van der Waals surface area contributed by atoms with Gasteiger partial charge in [-0.15, -0.1) is 0 Å². The van der Waals surface area contributed by atoms with Crippen molar-refractivity contribution in [2.24, 2.45) is 0 Å². The van der Waals surface area contributed by atoms with E-state index in [0.717, 1.165) is 34.5 Å². The van der Waals surface area contributed by atoms with Gasteiger partial charge in [-0.2, -0.15) is 0 Å². The van der Waals surface area contributed by atoms with E-state index in [1.165, 1.54) is 0 Å². The van der Waals surface area contributed by atoms with Gasteiger partial charge in [0.25, 0.3) is 5.91 Å². The smallest absolute Gasteiger partial charge is 0.252 e. The summed E-state index contributed by atoms with van der Waals surface area (Å²) in [6.45, 7) is 1.39. The standard InChI is InChI=1S/C17H18BrNO2/c18-12-17(8-10-21-11-9-17)19-16(20)15-7-3-5-13-4-1-2-6-14(13)15/h1-7H,8-12H2,(H,19,20). The minimum absolute atomic E-state index is 0.00634. The second-order valence-corrected chi connectivity index (χ2v) is 6.07. The molecule has 1 fully saturated rings. The minimum Gasteiger partial charge on any atom is -0.381 e. The average molecular weight is 348 g/mol. The third-order valence-corrected chi connectivity index (χ3v) is 5.19. The van der Waals surface area contributed by atoms with Gasteiger partial charge in [0.05, 0.1) is 5.54 Å². The van der Waals surface area contributed by atoms with Gasteiger partial charge in [-0.1, -0.05) is 52.3 Å². The van der Waals surface area contributed by atoms with Gasteiger partial charge in [0.1, 0.15) is 0 Å². The number of hydrogen-bond donors (Lipinski definition) is 1. The third-order valence-electron chi connectivity index (χ3n) is 4.12. The number of benzene rings is 2. The molecule has 0 radical (unpaired) electrons. The van der Waals surface area contributed by atoms with Crippen molar-refractivity contribution in [3.63, 3.8) is 0 Å². The Bertz CT molecular complexity index is 645. The van der Waals surface area contributed by atoms with Crippen LogP contribution in [0.4, 0.5) is 0 Å². The molecule has 1 aliphatic heterocycles. The highest BCUT2D eigenvalue weighted by atomic mass is 79.9. The second kappa shape index (κ2) is 6.16. The maximum absolute atomic E-state index is 12.7. The molecule has 0 aromatic heterocycles. The molecule has 3 rings (SSSR count). The summed E-state index contributed by atoms with van der Waals surface area (Å²) in [5, 5.41) is 6.06. The van der Waals surface area contributed by atoms with E-state index in [2.05, 4.69) is 21.2 Å². The maximum atomic E-state index is 12.7. The summed E-state index contributed by atoms with van der Waals surface area (Å²) in [5.74, 6) is -0.00634. The van der Waals surface area contributed by atoms with Gasteiger partial charge in [0.15, 0.2) is 0 Å². The van der Waals surface area contributed by atoms with Gasteiger partial charge in [-0.25, -0.2) is 0 Å². The van der Waals surface area contributed by atoms with Gasteiger partial charge in [0, 0.05) is 24.1 Å². The molecule has 1 heterocycles. The molecule has 1 saturated heterocycles. The lowest BCUT2D eigenvalue weighted by Gasteiger charge is -2.36. The number of hydrogen-bond acceptors (Lipinski definition) is 2. The van der Waals surface area contributed by atoms with Crippen molar-refractivity contribution < 1.29 is 9.53 Å². The summed E-state index contributed by atoms with van der Waals surface area (Å²) in [6, 6.07) is 13.8. The van der Waals surface area contributed by atoms with Gasteiger partial charge in [0.2, 0.25) is 0 Å². The van der Waals surface area contributed by atoms with Crippen molar-refractivity contribution in [2.45, 2.75) is 18.4 Å². The van der Waals surface area contributed by atoms with Crippen molar-refractivity contribution in [3.05, 3.63) is 48.0 Å². The van der Waals surface area contributed by atoms with E-state index in [0.29, 0.717) is 13.2 Å². The van der Waals surface area contributed by atoms with Crippen LogP contribution in [0.15, 0.2) is 42.5 Å². The molecule has 0 spiro atoms. The molecule has 1 amide bonds. The van der Waals surface area contributed by atoms with Crippen LogP contribution in [0.1, 0.15) is 23.2 Å². The molecule has 0 bridgehead atoms. The van der Waals surface area contributed by atoms with E-state index in [1.54, 1.807) is 0 Å². The van der Waals surface area contributed by atoms with E-state index in [4.69, 9.17) is 4.74 Å². The monoisotopic (exact) mass is 347 g/mol. The molecular formula is C17H18BrNO2. The molecule has 1 aliphatic rings. The van der Waals surface area contributed by atoms with Crippen LogP contribution in [0.5, 0.6) is 0 Å². The Balaban J connectivity index is 1.90. The van der Waals surface area contributed by atoms with Crippen molar-refractivity contribution >= 4 is 32.6 Å². The van der Waals surface area contributed by atoms with Crippen LogP contribution in [-0.2, 0) is 4.74 Å². The number of nitrogens with one attached hydrogen (secondary N) is 1. The topological polar surface area (TPSA) is 38.3 Å². The van der Waals surface area contributed by atoms with Crippen molar-refractivity contribution in [3.8, 4) is 0 Å². The number of carbonyl (C=O) groups is 1. The van der Waals surface area contributed by atoms with Gasteiger partial charge >= 0.3 is 0 Å². The van der Waals surface area contributed by atoms with E-state index in [-0.39, 0.29) is 11.4 Å². The lowest BCUT2D eigenvalue weighted by atomic mass is 9.91. The van der Waals surface area contributed by atoms with E-state index >= 15 is 0 Å². The van der Waals surface area contributed by atoms with Crippen molar-refractivity contribution in [1.29, 1.82) is 0 Å². The zero-order chi connectivity index (χ0) is 14.7. The highest BCUT2D eigenvalue weighted by Crippen LogP contribution is 2.25. The fraction of sp³-hybridized carbons (Fsp3) is 0.353. The zero-order valence-electron chi connectivity index (χ0n) is 11.8. The van der Waals surface area contributed by atoms with Crippen LogP contribution in [0.2, 0.25) is 0 Å². The highest BCUT2D eigenvalue weighted by Gasteiger charge is 2.33. The summed E-state index contributed by atoms with van der Waals surface area (Å²) in [6.07, 6.45) is 1.68. The van der Waals surface area contributed by atoms with Crippen molar-refractivity contribution in [2.75, 3.05) is 18.5 Å². The number of rotatable bonds is 3. The predicted octanol–water partition coefficient (Wildman–Crippen LogP) is 3.51. The molecule has 4 heteroatoms. The molecule has 21 heavy (non-hydrogen) atoms. The van der Waals surface area contributed by atoms with Crippen LogP contribution in [-0.4, -0.2) is 30.0 Å². The largest absolute Gasteiger partial charge is 0.381 e. The summed E-state index contributed by atoms with van der Waals surface area (Å²) in [7, 11) is 0. The molecular weight excluding hydrogens is 330 g/mol. The Kier molecular flexibility index (Phi) is 4.27. The Hall–Kier alpha value is -1.39. The van der Waals surface area contributed by atoms with E-state index in [9.17, 15) is 4.79 Å². The highest BCUT2D eigenvalue weighted by molar-refractivity contribution is 9.09. The number of carbonyl (C=O) groups excluding carboxylic acids is 1. The Morgan fingerprint density at radius 2 is 1.86 bits per heavy atom. The quantitative estimate of drug-likeness (QED) is 0.862. The maximum Gasteiger partial charge on any atom is 0.252 e. The zero-order valence-corrected chi connectivity index (χ0v) is 13.4. The first kappa shape index (κ1) is 14.5. The number of halogens is 1. The minimum atomic E-state index is -0.202. The molecule has 0 aliphatic carbocycles.